The Hall–Kier alpha value is -2.60. The molecule has 1 aliphatic rings. The summed E-state index contributed by atoms with van der Waals surface area (Å²) in [4.78, 5) is 16.9. The van der Waals surface area contributed by atoms with E-state index in [4.69, 9.17) is 4.74 Å². The van der Waals surface area contributed by atoms with Gasteiger partial charge in [0, 0.05) is 45.0 Å². The monoisotopic (exact) mass is 323 g/mol. The molecule has 0 atom stereocenters. The number of benzene rings is 1. The molecule has 1 fully saturated rings. The number of aromatic amines is 1. The second-order valence-corrected chi connectivity index (χ2v) is 6.03. The average molecular weight is 323 g/mol. The maximum atomic E-state index is 5.28. The van der Waals surface area contributed by atoms with E-state index in [-0.39, 0.29) is 0 Å². The SMILES string of the molecule is COc1ccnc(CN2CCN(c3cccc4[nH]cnc34)CC2)c1. The summed E-state index contributed by atoms with van der Waals surface area (Å²) in [6, 6.07) is 10.2. The fourth-order valence-electron chi connectivity index (χ4n) is 3.25. The number of ether oxygens (including phenoxy) is 1. The number of rotatable bonds is 4. The van der Waals surface area contributed by atoms with Gasteiger partial charge in [-0.25, -0.2) is 4.98 Å². The highest BCUT2D eigenvalue weighted by molar-refractivity contribution is 5.88. The van der Waals surface area contributed by atoms with E-state index in [1.54, 1.807) is 13.4 Å². The number of aromatic nitrogens is 3. The molecule has 124 valence electrons. The number of H-pyrrole nitrogens is 1. The normalized spacial score (nSPS) is 15.8. The van der Waals surface area contributed by atoms with E-state index in [0.717, 1.165) is 55.2 Å². The molecule has 1 aliphatic heterocycles. The Morgan fingerprint density at radius 3 is 2.83 bits per heavy atom. The van der Waals surface area contributed by atoms with Crippen molar-refractivity contribution < 1.29 is 4.74 Å². The molecule has 0 bridgehead atoms. The minimum atomic E-state index is 0.859. The summed E-state index contributed by atoms with van der Waals surface area (Å²) in [7, 11) is 1.69. The van der Waals surface area contributed by atoms with Crippen molar-refractivity contribution >= 4 is 16.7 Å². The standard InChI is InChI=1S/C18H21N5O/c1-24-15-5-6-19-14(11-15)12-22-7-9-23(10-8-22)17-4-2-3-16-18(17)21-13-20-16/h2-6,11,13H,7-10,12H2,1H3,(H,20,21). The highest BCUT2D eigenvalue weighted by atomic mass is 16.5. The number of hydrogen-bond acceptors (Lipinski definition) is 5. The van der Waals surface area contributed by atoms with Crippen molar-refractivity contribution in [1.82, 2.24) is 19.9 Å². The molecule has 3 heterocycles. The van der Waals surface area contributed by atoms with Gasteiger partial charge >= 0.3 is 0 Å². The van der Waals surface area contributed by atoms with Crippen LogP contribution in [0.4, 0.5) is 5.69 Å². The fraction of sp³-hybridized carbons (Fsp3) is 0.333. The summed E-state index contributed by atoms with van der Waals surface area (Å²) in [6.45, 7) is 4.88. The van der Waals surface area contributed by atoms with Crippen LogP contribution in [0.2, 0.25) is 0 Å². The third-order valence-corrected chi connectivity index (χ3v) is 4.55. The van der Waals surface area contributed by atoms with Crippen molar-refractivity contribution in [3.8, 4) is 5.75 Å². The number of hydrogen-bond donors (Lipinski definition) is 1. The lowest BCUT2D eigenvalue weighted by atomic mass is 10.2. The molecule has 1 aromatic carbocycles. The van der Waals surface area contributed by atoms with E-state index in [0.29, 0.717) is 0 Å². The van der Waals surface area contributed by atoms with Crippen molar-refractivity contribution in [3.05, 3.63) is 48.5 Å². The summed E-state index contributed by atoms with van der Waals surface area (Å²) in [5, 5.41) is 0. The smallest absolute Gasteiger partial charge is 0.122 e. The van der Waals surface area contributed by atoms with Crippen LogP contribution in [0.1, 0.15) is 5.69 Å². The van der Waals surface area contributed by atoms with E-state index < -0.39 is 0 Å². The number of anilines is 1. The fourth-order valence-corrected chi connectivity index (χ4v) is 3.25. The van der Waals surface area contributed by atoms with Gasteiger partial charge in [-0.1, -0.05) is 6.07 Å². The van der Waals surface area contributed by atoms with E-state index in [1.165, 1.54) is 5.69 Å². The summed E-state index contributed by atoms with van der Waals surface area (Å²) in [5.41, 5.74) is 4.42. The molecule has 4 rings (SSSR count). The van der Waals surface area contributed by atoms with Crippen molar-refractivity contribution in [3.63, 3.8) is 0 Å². The second-order valence-electron chi connectivity index (χ2n) is 6.03. The van der Waals surface area contributed by atoms with Crippen molar-refractivity contribution in [1.29, 1.82) is 0 Å². The van der Waals surface area contributed by atoms with Gasteiger partial charge in [-0.05, 0) is 18.2 Å². The molecular weight excluding hydrogens is 302 g/mol. The van der Waals surface area contributed by atoms with Gasteiger partial charge in [0.05, 0.1) is 30.3 Å². The quantitative estimate of drug-likeness (QED) is 0.798. The number of piperazine rings is 1. The second kappa shape index (κ2) is 6.49. The van der Waals surface area contributed by atoms with Gasteiger partial charge < -0.3 is 14.6 Å². The van der Waals surface area contributed by atoms with Crippen LogP contribution < -0.4 is 9.64 Å². The van der Waals surface area contributed by atoms with Crippen LogP contribution >= 0.6 is 0 Å². The minimum Gasteiger partial charge on any atom is -0.497 e. The van der Waals surface area contributed by atoms with Crippen LogP contribution in [0.3, 0.4) is 0 Å². The molecule has 0 amide bonds. The molecule has 0 radical (unpaired) electrons. The lowest BCUT2D eigenvalue weighted by Crippen LogP contribution is -2.46. The maximum Gasteiger partial charge on any atom is 0.122 e. The number of nitrogens with zero attached hydrogens (tertiary/aromatic N) is 4. The minimum absolute atomic E-state index is 0.859. The number of pyridine rings is 1. The van der Waals surface area contributed by atoms with Gasteiger partial charge in [0.25, 0.3) is 0 Å². The molecule has 1 saturated heterocycles. The van der Waals surface area contributed by atoms with E-state index >= 15 is 0 Å². The summed E-state index contributed by atoms with van der Waals surface area (Å²) >= 11 is 0. The van der Waals surface area contributed by atoms with Gasteiger partial charge in [-0.3, -0.25) is 9.88 Å². The first-order valence-electron chi connectivity index (χ1n) is 8.22. The summed E-state index contributed by atoms with van der Waals surface area (Å²) in [5.74, 6) is 0.865. The summed E-state index contributed by atoms with van der Waals surface area (Å²) < 4.78 is 5.28. The van der Waals surface area contributed by atoms with Crippen LogP contribution in [0, 0.1) is 0 Å². The maximum absolute atomic E-state index is 5.28. The molecule has 6 nitrogen and oxygen atoms in total. The molecular formula is C18H21N5O. The van der Waals surface area contributed by atoms with Crippen LogP contribution in [0.25, 0.3) is 11.0 Å². The number of imidazole rings is 1. The van der Waals surface area contributed by atoms with Crippen LogP contribution in [-0.4, -0.2) is 53.1 Å². The number of nitrogens with one attached hydrogen (secondary N) is 1. The highest BCUT2D eigenvalue weighted by Gasteiger charge is 2.19. The first-order chi connectivity index (χ1) is 11.8. The van der Waals surface area contributed by atoms with Crippen LogP contribution in [-0.2, 0) is 6.54 Å². The number of fused-ring (bicyclic) bond motifs is 1. The van der Waals surface area contributed by atoms with Crippen molar-refractivity contribution in [2.45, 2.75) is 6.54 Å². The molecule has 6 heteroatoms. The molecule has 0 unspecified atom stereocenters. The Bertz CT molecular complexity index is 823. The van der Waals surface area contributed by atoms with Crippen LogP contribution in [0.5, 0.6) is 5.75 Å². The van der Waals surface area contributed by atoms with E-state index in [1.807, 2.05) is 18.3 Å². The number of para-hydroxylation sites is 1. The zero-order valence-electron chi connectivity index (χ0n) is 13.8. The molecule has 0 spiro atoms. The molecule has 1 N–H and O–H groups in total. The van der Waals surface area contributed by atoms with Crippen molar-refractivity contribution in [2.75, 3.05) is 38.2 Å². The van der Waals surface area contributed by atoms with Gasteiger partial charge in [0.15, 0.2) is 0 Å². The first kappa shape index (κ1) is 15.0. The first-order valence-corrected chi connectivity index (χ1v) is 8.22. The third kappa shape index (κ3) is 2.92. The van der Waals surface area contributed by atoms with Gasteiger partial charge in [-0.15, -0.1) is 0 Å². The van der Waals surface area contributed by atoms with Crippen molar-refractivity contribution in [2.24, 2.45) is 0 Å². The lowest BCUT2D eigenvalue weighted by molar-refractivity contribution is 0.247. The average Bonchev–Trinajstić information content (AvgIpc) is 3.11. The highest BCUT2D eigenvalue weighted by Crippen LogP contribution is 2.25. The van der Waals surface area contributed by atoms with E-state index in [2.05, 4.69) is 43.0 Å². The Morgan fingerprint density at radius 2 is 2.00 bits per heavy atom. The Labute approximate surface area is 141 Å². The zero-order chi connectivity index (χ0) is 16.4. The zero-order valence-corrected chi connectivity index (χ0v) is 13.8. The van der Waals surface area contributed by atoms with E-state index in [9.17, 15) is 0 Å². The molecule has 2 aromatic heterocycles. The van der Waals surface area contributed by atoms with Crippen LogP contribution in [0.15, 0.2) is 42.9 Å². The predicted octanol–water partition coefficient (Wildman–Crippen LogP) is 2.29. The molecule has 3 aromatic rings. The lowest BCUT2D eigenvalue weighted by Gasteiger charge is -2.36. The largest absolute Gasteiger partial charge is 0.497 e. The summed E-state index contributed by atoms with van der Waals surface area (Å²) in [6.07, 6.45) is 3.57. The number of methoxy groups -OCH3 is 1. The topological polar surface area (TPSA) is 57.3 Å². The Balaban J connectivity index is 1.42. The van der Waals surface area contributed by atoms with Gasteiger partial charge in [0.2, 0.25) is 0 Å². The Kier molecular flexibility index (Phi) is 4.04. The molecule has 0 aliphatic carbocycles. The third-order valence-electron chi connectivity index (χ3n) is 4.55. The molecule has 24 heavy (non-hydrogen) atoms. The predicted molar refractivity (Wildman–Crippen MR) is 94.4 cm³/mol. The molecule has 0 saturated carbocycles. The van der Waals surface area contributed by atoms with Gasteiger partial charge in [0.1, 0.15) is 11.3 Å². The Morgan fingerprint density at radius 1 is 1.12 bits per heavy atom. The van der Waals surface area contributed by atoms with Gasteiger partial charge in [-0.2, -0.15) is 0 Å².